The van der Waals surface area contributed by atoms with Crippen LogP contribution >= 0.6 is 11.8 Å². The van der Waals surface area contributed by atoms with Gasteiger partial charge in [0.25, 0.3) is 5.91 Å². The number of amidine groups is 2. The van der Waals surface area contributed by atoms with Gasteiger partial charge in [-0.25, -0.2) is 0 Å². The number of rotatable bonds is 6. The second-order valence-electron chi connectivity index (χ2n) is 7.43. The average Bonchev–Trinajstić information content (AvgIpc) is 3.41. The van der Waals surface area contributed by atoms with Crippen LogP contribution in [0.4, 0.5) is 0 Å². The van der Waals surface area contributed by atoms with Gasteiger partial charge in [-0.15, -0.1) is 0 Å². The number of nitrogens with zero attached hydrogens (tertiary/aromatic N) is 2. The minimum absolute atomic E-state index is 0.107. The Kier molecular flexibility index (Phi) is 5.55. The molecule has 0 atom stereocenters. The lowest BCUT2D eigenvalue weighted by Gasteiger charge is -2.22. The molecule has 8 nitrogen and oxygen atoms in total. The van der Waals surface area contributed by atoms with Gasteiger partial charge in [-0.1, -0.05) is 23.9 Å². The summed E-state index contributed by atoms with van der Waals surface area (Å²) in [5.74, 6) is 2.24. The Balaban J connectivity index is 1.37. The third-order valence-electron chi connectivity index (χ3n) is 5.10. The van der Waals surface area contributed by atoms with E-state index in [1.54, 1.807) is 23.1 Å². The maximum atomic E-state index is 12.5. The normalized spacial score (nSPS) is 17.8. The van der Waals surface area contributed by atoms with Gasteiger partial charge in [0.05, 0.1) is 12.2 Å². The molecular formula is C24H21N3O5S. The molecule has 0 bridgehead atoms. The third kappa shape index (κ3) is 4.19. The predicted octanol–water partition coefficient (Wildman–Crippen LogP) is 4.56. The van der Waals surface area contributed by atoms with Crippen LogP contribution in [0.3, 0.4) is 0 Å². The van der Waals surface area contributed by atoms with E-state index in [-0.39, 0.29) is 18.2 Å². The van der Waals surface area contributed by atoms with Crippen molar-refractivity contribution in [3.63, 3.8) is 0 Å². The SMILES string of the molecule is CCOc1cc(/C=C2/C(=N)N3C=C(C)SC3=NC2=O)ccc1OCc1ccc2c(c1)OCO2. The maximum absolute atomic E-state index is 12.5. The first-order valence-electron chi connectivity index (χ1n) is 10.4. The van der Waals surface area contributed by atoms with Crippen LogP contribution in [0.25, 0.3) is 6.08 Å². The highest BCUT2D eigenvalue weighted by molar-refractivity contribution is 8.17. The molecule has 0 saturated heterocycles. The average molecular weight is 464 g/mol. The van der Waals surface area contributed by atoms with Crippen molar-refractivity contribution in [3.8, 4) is 23.0 Å². The smallest absolute Gasteiger partial charge is 0.283 e. The first-order valence-corrected chi connectivity index (χ1v) is 11.2. The zero-order valence-corrected chi connectivity index (χ0v) is 18.9. The number of ether oxygens (including phenoxy) is 4. The Labute approximate surface area is 195 Å². The lowest BCUT2D eigenvalue weighted by atomic mass is 10.1. The molecule has 0 aliphatic carbocycles. The van der Waals surface area contributed by atoms with Crippen LogP contribution in [0.1, 0.15) is 25.0 Å². The molecule has 0 saturated carbocycles. The van der Waals surface area contributed by atoms with Gasteiger partial charge in [-0.2, -0.15) is 4.99 Å². The van der Waals surface area contributed by atoms with Gasteiger partial charge in [0, 0.05) is 11.1 Å². The molecular weight excluding hydrogens is 442 g/mol. The van der Waals surface area contributed by atoms with E-state index in [2.05, 4.69) is 4.99 Å². The van der Waals surface area contributed by atoms with Crippen LogP contribution in [0.15, 0.2) is 58.1 Å². The van der Waals surface area contributed by atoms with Crippen LogP contribution in [0.2, 0.25) is 0 Å². The van der Waals surface area contributed by atoms with Gasteiger partial charge in [0.2, 0.25) is 6.79 Å². The van der Waals surface area contributed by atoms with Crippen molar-refractivity contribution < 1.29 is 23.7 Å². The number of thioether (sulfide) groups is 1. The summed E-state index contributed by atoms with van der Waals surface area (Å²) in [7, 11) is 0. The molecule has 0 radical (unpaired) electrons. The van der Waals surface area contributed by atoms with Gasteiger partial charge >= 0.3 is 0 Å². The van der Waals surface area contributed by atoms with Crippen LogP contribution < -0.4 is 18.9 Å². The summed E-state index contributed by atoms with van der Waals surface area (Å²) in [5, 5.41) is 8.97. The predicted molar refractivity (Wildman–Crippen MR) is 126 cm³/mol. The van der Waals surface area contributed by atoms with Crippen molar-refractivity contribution in [1.29, 1.82) is 5.41 Å². The Hall–Kier alpha value is -3.72. The number of carbonyl (C=O) groups is 1. The highest BCUT2D eigenvalue weighted by Gasteiger charge is 2.32. The summed E-state index contributed by atoms with van der Waals surface area (Å²) in [6, 6.07) is 11.1. The minimum Gasteiger partial charge on any atom is -0.490 e. The van der Waals surface area contributed by atoms with E-state index >= 15 is 0 Å². The van der Waals surface area contributed by atoms with Gasteiger partial charge in [-0.3, -0.25) is 15.1 Å². The molecule has 0 spiro atoms. The molecule has 168 valence electrons. The summed E-state index contributed by atoms with van der Waals surface area (Å²) < 4.78 is 22.5. The first kappa shape index (κ1) is 21.1. The zero-order valence-electron chi connectivity index (χ0n) is 18.1. The van der Waals surface area contributed by atoms with Crippen molar-refractivity contribution in [2.45, 2.75) is 20.5 Å². The number of allylic oxidation sites excluding steroid dienone is 1. The molecule has 0 aromatic heterocycles. The summed E-state index contributed by atoms with van der Waals surface area (Å²) in [4.78, 5) is 19.3. The number of carbonyl (C=O) groups excluding carboxylic acids is 1. The largest absolute Gasteiger partial charge is 0.490 e. The number of hydrogen-bond acceptors (Lipinski definition) is 7. The van der Waals surface area contributed by atoms with Crippen LogP contribution in [0, 0.1) is 5.41 Å². The van der Waals surface area contributed by atoms with E-state index in [0.717, 1.165) is 16.2 Å². The lowest BCUT2D eigenvalue weighted by molar-refractivity contribution is -0.114. The molecule has 33 heavy (non-hydrogen) atoms. The molecule has 3 aliphatic rings. The Morgan fingerprint density at radius 3 is 2.85 bits per heavy atom. The molecule has 1 N–H and O–H groups in total. The van der Waals surface area contributed by atoms with Gasteiger partial charge in [0.1, 0.15) is 12.4 Å². The van der Waals surface area contributed by atoms with Gasteiger partial charge < -0.3 is 18.9 Å². The third-order valence-corrected chi connectivity index (χ3v) is 6.00. The lowest BCUT2D eigenvalue weighted by Crippen LogP contribution is -2.35. The fourth-order valence-corrected chi connectivity index (χ4v) is 4.38. The second-order valence-corrected chi connectivity index (χ2v) is 8.65. The number of hydrogen-bond donors (Lipinski definition) is 1. The van der Waals surface area contributed by atoms with E-state index in [9.17, 15) is 4.79 Å². The van der Waals surface area contributed by atoms with Gasteiger partial charge in [0.15, 0.2) is 28.2 Å². The van der Waals surface area contributed by atoms with Crippen LogP contribution in [0.5, 0.6) is 23.0 Å². The molecule has 2 aromatic carbocycles. The quantitative estimate of drug-likeness (QED) is 0.628. The molecule has 0 unspecified atom stereocenters. The summed E-state index contributed by atoms with van der Waals surface area (Å²) in [6.45, 7) is 4.82. The van der Waals surface area contributed by atoms with Crippen molar-refractivity contribution in [3.05, 3.63) is 64.2 Å². The van der Waals surface area contributed by atoms with Crippen LogP contribution in [-0.2, 0) is 11.4 Å². The van der Waals surface area contributed by atoms with Gasteiger partial charge in [-0.05, 0) is 55.3 Å². The Morgan fingerprint density at radius 1 is 1.15 bits per heavy atom. The highest BCUT2D eigenvalue weighted by Crippen LogP contribution is 2.35. The van der Waals surface area contributed by atoms with E-state index in [0.29, 0.717) is 41.2 Å². The van der Waals surface area contributed by atoms with Crippen molar-refractivity contribution in [2.24, 2.45) is 4.99 Å². The maximum Gasteiger partial charge on any atom is 0.283 e. The molecule has 9 heteroatoms. The molecule has 0 fully saturated rings. The van der Waals surface area contributed by atoms with Crippen molar-refractivity contribution in [2.75, 3.05) is 13.4 Å². The number of nitrogens with one attached hydrogen (secondary N) is 1. The standard InChI is InChI=1S/C24H21N3O5S/c1-3-29-20-9-15(8-17-22(25)27-11-14(2)33-24(27)26-23(17)28)4-6-18(20)30-12-16-5-7-19-21(10-16)32-13-31-19/h4-11,25H,3,12-13H2,1-2H3/b17-8-,25-22?. The van der Waals surface area contributed by atoms with E-state index in [1.165, 1.54) is 11.8 Å². The van der Waals surface area contributed by atoms with Crippen LogP contribution in [-0.4, -0.2) is 35.2 Å². The molecule has 1 amide bonds. The molecule has 5 rings (SSSR count). The summed E-state index contributed by atoms with van der Waals surface area (Å²) in [5.41, 5.74) is 1.88. The fourth-order valence-electron chi connectivity index (χ4n) is 3.56. The second kappa shape index (κ2) is 8.67. The zero-order chi connectivity index (χ0) is 22.9. The Bertz CT molecular complexity index is 1250. The number of amides is 1. The Morgan fingerprint density at radius 2 is 2.00 bits per heavy atom. The topological polar surface area (TPSA) is 93.4 Å². The molecule has 3 heterocycles. The summed E-state index contributed by atoms with van der Waals surface area (Å²) in [6.07, 6.45) is 3.46. The fraction of sp³-hybridized carbons (Fsp3) is 0.208. The molecule has 3 aliphatic heterocycles. The van der Waals surface area contributed by atoms with E-state index < -0.39 is 5.91 Å². The number of benzene rings is 2. The first-order chi connectivity index (χ1) is 16.0. The summed E-state index contributed by atoms with van der Waals surface area (Å²) >= 11 is 1.38. The minimum atomic E-state index is -0.428. The van der Waals surface area contributed by atoms with Crippen molar-refractivity contribution in [1.82, 2.24) is 4.90 Å². The number of aliphatic imine (C=N–C) groups is 1. The number of fused-ring (bicyclic) bond motifs is 2. The van der Waals surface area contributed by atoms with E-state index in [1.807, 2.05) is 44.3 Å². The van der Waals surface area contributed by atoms with Crippen molar-refractivity contribution >= 4 is 34.7 Å². The molecule has 2 aromatic rings. The van der Waals surface area contributed by atoms with E-state index in [4.69, 9.17) is 24.4 Å². The highest BCUT2D eigenvalue weighted by atomic mass is 32.2. The monoisotopic (exact) mass is 463 g/mol.